The Kier molecular flexibility index (Phi) is 3.95. The lowest BCUT2D eigenvalue weighted by Crippen LogP contribution is -2.38. The molecule has 0 aliphatic heterocycles. The van der Waals surface area contributed by atoms with Gasteiger partial charge in [-0.1, -0.05) is 18.6 Å². The number of aryl methyl sites for hydroxylation is 1. The van der Waals surface area contributed by atoms with Crippen molar-refractivity contribution in [2.45, 2.75) is 44.6 Å². The minimum absolute atomic E-state index is 0.207. The number of hydrogen-bond acceptors (Lipinski definition) is 2. The molecule has 3 rings (SSSR count). The molecule has 2 aliphatic rings. The molecule has 1 amide bonds. The van der Waals surface area contributed by atoms with E-state index in [4.69, 9.17) is 4.74 Å². The van der Waals surface area contributed by atoms with Crippen LogP contribution in [0.25, 0.3) is 0 Å². The van der Waals surface area contributed by atoms with Crippen LogP contribution in [0.5, 0.6) is 5.75 Å². The monoisotopic (exact) mass is 273 g/mol. The molecule has 1 aromatic rings. The van der Waals surface area contributed by atoms with Crippen LogP contribution in [0, 0.1) is 11.8 Å². The molecular formula is C17H23NO2. The SMILES string of the molecule is COc1ccc(CCC(=O)N[C@@H]2C[C@@H]3CC[C@@H]2C3)cc1. The molecule has 0 radical (unpaired) electrons. The van der Waals surface area contributed by atoms with Gasteiger partial charge in [-0.25, -0.2) is 0 Å². The van der Waals surface area contributed by atoms with Crippen molar-refractivity contribution >= 4 is 5.91 Å². The molecule has 3 atom stereocenters. The third-order valence-corrected chi connectivity index (χ3v) is 4.88. The maximum absolute atomic E-state index is 12.0. The summed E-state index contributed by atoms with van der Waals surface area (Å²) in [6, 6.07) is 8.41. The molecule has 1 aromatic carbocycles. The Balaban J connectivity index is 1.44. The van der Waals surface area contributed by atoms with Crippen molar-refractivity contribution in [2.24, 2.45) is 11.8 Å². The van der Waals surface area contributed by atoms with Crippen LogP contribution in [0.4, 0.5) is 0 Å². The second kappa shape index (κ2) is 5.86. The van der Waals surface area contributed by atoms with Gasteiger partial charge in [0.1, 0.15) is 5.75 Å². The van der Waals surface area contributed by atoms with Gasteiger partial charge in [0.05, 0.1) is 7.11 Å². The minimum atomic E-state index is 0.207. The predicted octanol–water partition coefficient (Wildman–Crippen LogP) is 2.93. The molecule has 0 spiro atoms. The summed E-state index contributed by atoms with van der Waals surface area (Å²) < 4.78 is 5.13. The Hall–Kier alpha value is -1.51. The lowest BCUT2D eigenvalue weighted by Gasteiger charge is -2.22. The van der Waals surface area contributed by atoms with Crippen molar-refractivity contribution in [3.63, 3.8) is 0 Å². The molecule has 3 nitrogen and oxygen atoms in total. The van der Waals surface area contributed by atoms with Gasteiger partial charge in [0.15, 0.2) is 0 Å². The van der Waals surface area contributed by atoms with Gasteiger partial charge in [0.25, 0.3) is 0 Å². The molecule has 20 heavy (non-hydrogen) atoms. The summed E-state index contributed by atoms with van der Waals surface area (Å²) >= 11 is 0. The molecule has 0 unspecified atom stereocenters. The summed E-state index contributed by atoms with van der Waals surface area (Å²) in [4.78, 5) is 12.0. The number of carbonyl (C=O) groups is 1. The molecule has 0 aromatic heterocycles. The third-order valence-electron chi connectivity index (χ3n) is 4.88. The highest BCUT2D eigenvalue weighted by Crippen LogP contribution is 2.44. The number of fused-ring (bicyclic) bond motifs is 2. The van der Waals surface area contributed by atoms with Crippen molar-refractivity contribution < 1.29 is 9.53 Å². The van der Waals surface area contributed by atoms with Gasteiger partial charge in [-0.15, -0.1) is 0 Å². The van der Waals surface area contributed by atoms with Crippen LogP contribution in [0.3, 0.4) is 0 Å². The van der Waals surface area contributed by atoms with Gasteiger partial charge < -0.3 is 10.1 Å². The quantitative estimate of drug-likeness (QED) is 0.895. The molecule has 2 fully saturated rings. The first-order valence-corrected chi connectivity index (χ1v) is 7.67. The van der Waals surface area contributed by atoms with E-state index in [1.54, 1.807) is 7.11 Å². The second-order valence-electron chi connectivity index (χ2n) is 6.20. The molecule has 0 heterocycles. The van der Waals surface area contributed by atoms with E-state index in [0.29, 0.717) is 12.5 Å². The summed E-state index contributed by atoms with van der Waals surface area (Å²) in [6.07, 6.45) is 6.62. The fraction of sp³-hybridized carbons (Fsp3) is 0.588. The first-order valence-electron chi connectivity index (χ1n) is 7.67. The highest BCUT2D eigenvalue weighted by molar-refractivity contribution is 5.76. The van der Waals surface area contributed by atoms with Crippen LogP contribution in [0.2, 0.25) is 0 Å². The topological polar surface area (TPSA) is 38.3 Å². The first kappa shape index (κ1) is 13.5. The van der Waals surface area contributed by atoms with Crippen molar-refractivity contribution in [1.82, 2.24) is 5.32 Å². The van der Waals surface area contributed by atoms with Gasteiger partial charge in [-0.05, 0) is 55.2 Å². The van der Waals surface area contributed by atoms with Gasteiger partial charge >= 0.3 is 0 Å². The van der Waals surface area contributed by atoms with E-state index in [2.05, 4.69) is 5.32 Å². The maximum Gasteiger partial charge on any atom is 0.220 e. The fourth-order valence-electron chi connectivity index (χ4n) is 3.75. The van der Waals surface area contributed by atoms with E-state index in [9.17, 15) is 4.79 Å². The van der Waals surface area contributed by atoms with Crippen molar-refractivity contribution in [3.05, 3.63) is 29.8 Å². The average molecular weight is 273 g/mol. The van der Waals surface area contributed by atoms with E-state index < -0.39 is 0 Å². The summed E-state index contributed by atoms with van der Waals surface area (Å²) in [7, 11) is 1.66. The normalized spacial score (nSPS) is 27.6. The van der Waals surface area contributed by atoms with E-state index in [1.807, 2.05) is 24.3 Å². The van der Waals surface area contributed by atoms with Gasteiger partial charge in [-0.3, -0.25) is 4.79 Å². The number of benzene rings is 1. The van der Waals surface area contributed by atoms with E-state index in [-0.39, 0.29) is 5.91 Å². The number of rotatable bonds is 5. The summed E-state index contributed by atoms with van der Waals surface area (Å²) in [5.41, 5.74) is 1.19. The second-order valence-corrected chi connectivity index (χ2v) is 6.20. The van der Waals surface area contributed by atoms with Crippen LogP contribution in [-0.4, -0.2) is 19.1 Å². The molecule has 1 N–H and O–H groups in total. The standard InChI is InChI=1S/C17H23NO2/c1-20-15-7-3-12(4-8-15)5-9-17(19)18-16-11-13-2-6-14(16)10-13/h3-4,7-8,13-14,16H,2,5-6,9-11H2,1H3,(H,18,19)/t13-,14-,16-/m1/s1. The Morgan fingerprint density at radius 1 is 1.25 bits per heavy atom. The number of nitrogens with one attached hydrogen (secondary N) is 1. The van der Waals surface area contributed by atoms with Crippen LogP contribution in [0.1, 0.15) is 37.7 Å². The molecule has 0 saturated heterocycles. The Bertz CT molecular complexity index is 468. The van der Waals surface area contributed by atoms with Crippen LogP contribution >= 0.6 is 0 Å². The van der Waals surface area contributed by atoms with Crippen LogP contribution in [-0.2, 0) is 11.2 Å². The number of methoxy groups -OCH3 is 1. The van der Waals surface area contributed by atoms with E-state index in [1.165, 1.54) is 31.2 Å². The van der Waals surface area contributed by atoms with Gasteiger partial charge in [-0.2, -0.15) is 0 Å². The van der Waals surface area contributed by atoms with Crippen molar-refractivity contribution in [3.8, 4) is 5.75 Å². The highest BCUT2D eigenvalue weighted by atomic mass is 16.5. The van der Waals surface area contributed by atoms with Gasteiger partial charge in [0.2, 0.25) is 5.91 Å². The number of ether oxygens (including phenoxy) is 1. The van der Waals surface area contributed by atoms with Gasteiger partial charge in [0, 0.05) is 12.5 Å². The van der Waals surface area contributed by atoms with Crippen LogP contribution < -0.4 is 10.1 Å². The largest absolute Gasteiger partial charge is 0.497 e. The van der Waals surface area contributed by atoms with Crippen molar-refractivity contribution in [2.75, 3.05) is 7.11 Å². The zero-order valence-electron chi connectivity index (χ0n) is 12.1. The lowest BCUT2D eigenvalue weighted by atomic mass is 9.95. The number of amides is 1. The molecule has 108 valence electrons. The predicted molar refractivity (Wildman–Crippen MR) is 78.7 cm³/mol. The average Bonchev–Trinajstić information content (AvgIpc) is 3.08. The van der Waals surface area contributed by atoms with Crippen LogP contribution in [0.15, 0.2) is 24.3 Å². The highest BCUT2D eigenvalue weighted by Gasteiger charge is 2.39. The fourth-order valence-corrected chi connectivity index (χ4v) is 3.75. The molecule has 3 heteroatoms. The molecule has 2 saturated carbocycles. The van der Waals surface area contributed by atoms with E-state index >= 15 is 0 Å². The lowest BCUT2D eigenvalue weighted by molar-refractivity contribution is -0.122. The Morgan fingerprint density at radius 3 is 2.65 bits per heavy atom. The van der Waals surface area contributed by atoms with E-state index in [0.717, 1.165) is 24.0 Å². The number of hydrogen-bond donors (Lipinski definition) is 1. The zero-order chi connectivity index (χ0) is 13.9. The number of carbonyl (C=O) groups excluding carboxylic acids is 1. The summed E-state index contributed by atoms with van der Waals surface area (Å²) in [5, 5.41) is 3.24. The Labute approximate surface area is 120 Å². The minimum Gasteiger partial charge on any atom is -0.497 e. The summed E-state index contributed by atoms with van der Waals surface area (Å²) in [5.74, 6) is 2.70. The third kappa shape index (κ3) is 2.97. The van der Waals surface area contributed by atoms with Crippen molar-refractivity contribution in [1.29, 1.82) is 0 Å². The molecule has 2 bridgehead atoms. The zero-order valence-corrected chi connectivity index (χ0v) is 12.1. The Morgan fingerprint density at radius 2 is 2.05 bits per heavy atom. The molecular weight excluding hydrogens is 250 g/mol. The summed E-state index contributed by atoms with van der Waals surface area (Å²) in [6.45, 7) is 0. The molecule has 2 aliphatic carbocycles. The smallest absolute Gasteiger partial charge is 0.220 e. The first-order chi connectivity index (χ1) is 9.74. The maximum atomic E-state index is 12.0.